The molecule has 560 valence electrons. The van der Waals surface area contributed by atoms with Crippen molar-refractivity contribution in [3.63, 3.8) is 0 Å². The largest absolute Gasteiger partial charge is 0.486 e. The summed E-state index contributed by atoms with van der Waals surface area (Å²) in [6.45, 7) is 4.08. The zero-order valence-electron chi connectivity index (χ0n) is 59.2. The summed E-state index contributed by atoms with van der Waals surface area (Å²) in [6.07, 6.45) is 0.927. The van der Waals surface area contributed by atoms with Crippen LogP contribution in [0.25, 0.3) is 44.0 Å². The summed E-state index contributed by atoms with van der Waals surface area (Å²) < 4.78 is 72.1. The van der Waals surface area contributed by atoms with Crippen molar-refractivity contribution in [2.75, 3.05) is 64.7 Å². The van der Waals surface area contributed by atoms with Gasteiger partial charge in [-0.2, -0.15) is 0 Å². The average Bonchev–Trinajstić information content (AvgIpc) is 1.58. The van der Waals surface area contributed by atoms with E-state index in [0.29, 0.717) is 27.5 Å². The Balaban J connectivity index is 0.000000152. The van der Waals surface area contributed by atoms with E-state index in [2.05, 4.69) is 27.1 Å². The van der Waals surface area contributed by atoms with Gasteiger partial charge in [0.25, 0.3) is 0 Å². The lowest BCUT2D eigenvalue weighted by atomic mass is 9.92. The molecule has 28 heteroatoms. The fourth-order valence-corrected chi connectivity index (χ4v) is 14.3. The van der Waals surface area contributed by atoms with E-state index in [4.69, 9.17) is 66.6 Å². The zero-order valence-corrected chi connectivity index (χ0v) is 60.0. The van der Waals surface area contributed by atoms with E-state index in [-0.39, 0.29) is 75.6 Å². The minimum atomic E-state index is -1.14. The van der Waals surface area contributed by atoms with Crippen molar-refractivity contribution in [2.24, 2.45) is 39.7 Å². The molecule has 1 aliphatic heterocycles. The first-order valence-corrected chi connectivity index (χ1v) is 35.0. The molecular weight excluding hydrogens is 1420 g/mol. The number of hydroxylamine groups is 3. The normalized spacial score (nSPS) is 19.6. The number of likely N-dealkylation sites (N-methyl/N-ethyl adjacent to an activating group) is 1. The number of para-hydroxylation sites is 3. The zero-order chi connectivity index (χ0) is 76.6. The standard InChI is InChI=1S/C28H23ClFN3O4.C28H31FN4O5.C24H24FN3O5/c29-19-8-6-17(7-9-19)24-12-18(20-3-1-2-4-23(20)32-24)15-37-25-10-5-16(11-22(25)30)13-28(27(31)35)14-21(28)26(34)33-36;1-32-9-11-33(12-10-32)25-14-19(20-5-3-4-6-23(20)30-25)17-38-24-8-7-18(13-22(24)29)15-28(27(35)37-2)16-21(28)26(34)31-36;1-26-21-10-15(16-5-3-4-6-19(16)27-21)13-33-20-8-7-14(9-18(20)25)11-24(23(30)32-2)12-17(24)22(29)28-31/h1-12,21,36H,13-15H2,(H2,31,35)(H,33,34);3-8,13-14,21,36H,9-12,15-17H2,1-2H3,(H,31,34);3-10,17,31H,11-13H2,1-2H3,(H,26,27)(H,28,29)/t2*21-,28+;17-,24+/m111/s1. The van der Waals surface area contributed by atoms with Gasteiger partial charge in [-0.15, -0.1) is 0 Å². The second kappa shape index (κ2) is 32.7. The van der Waals surface area contributed by atoms with E-state index in [1.54, 1.807) is 53.8 Å². The summed E-state index contributed by atoms with van der Waals surface area (Å²) in [5.41, 5.74) is 15.1. The Kier molecular flexibility index (Phi) is 23.1. The van der Waals surface area contributed by atoms with Crippen molar-refractivity contribution < 1.29 is 81.2 Å². The number of nitrogens with zero attached hydrogens (tertiary/aromatic N) is 5. The number of benzene rings is 7. The molecule has 24 nitrogen and oxygen atoms in total. The Hall–Kier alpha value is -11.5. The van der Waals surface area contributed by atoms with Crippen LogP contribution in [0.15, 0.2) is 170 Å². The second-order valence-corrected chi connectivity index (χ2v) is 27.7. The van der Waals surface area contributed by atoms with Gasteiger partial charge in [0.15, 0.2) is 34.7 Å². The summed E-state index contributed by atoms with van der Waals surface area (Å²) in [6, 6.07) is 49.6. The van der Waals surface area contributed by atoms with E-state index < -0.39 is 87.0 Å². The molecule has 3 aliphatic carbocycles. The van der Waals surface area contributed by atoms with Gasteiger partial charge in [-0.25, -0.2) is 44.6 Å². The highest BCUT2D eigenvalue weighted by molar-refractivity contribution is 6.30. The fourth-order valence-electron chi connectivity index (χ4n) is 14.2. The molecule has 9 N–H and O–H groups in total. The van der Waals surface area contributed by atoms with Gasteiger partial charge in [-0.05, 0) is 147 Å². The molecule has 14 rings (SSSR count). The van der Waals surface area contributed by atoms with Gasteiger partial charge in [0.1, 0.15) is 31.5 Å². The number of piperazine rings is 1. The quantitative estimate of drug-likeness (QED) is 0.0158. The van der Waals surface area contributed by atoms with Gasteiger partial charge in [-0.3, -0.25) is 44.4 Å². The molecule has 0 unspecified atom stereocenters. The third kappa shape index (κ3) is 16.5. The first-order valence-electron chi connectivity index (χ1n) is 34.6. The molecule has 0 radical (unpaired) electrons. The lowest BCUT2D eigenvalue weighted by Crippen LogP contribution is -2.44. The number of hydrogen-bond acceptors (Lipinski definition) is 20. The number of carbonyl (C=O) groups excluding carboxylic acids is 6. The molecule has 4 amide bonds. The Morgan fingerprint density at radius 2 is 0.898 bits per heavy atom. The second-order valence-electron chi connectivity index (χ2n) is 27.3. The molecule has 4 aliphatic rings. The third-order valence-electron chi connectivity index (χ3n) is 20.5. The maximum Gasteiger partial charge on any atom is 0.312 e. The number of nitrogens with two attached hydrogens (primary N) is 1. The number of esters is 2. The highest BCUT2D eigenvalue weighted by atomic mass is 35.5. The van der Waals surface area contributed by atoms with Crippen molar-refractivity contribution in [3.8, 4) is 28.5 Å². The van der Waals surface area contributed by atoms with Crippen LogP contribution in [0.1, 0.15) is 52.6 Å². The number of primary amides is 1. The predicted molar refractivity (Wildman–Crippen MR) is 393 cm³/mol. The van der Waals surface area contributed by atoms with Crippen LogP contribution in [-0.2, 0) is 77.3 Å². The summed E-state index contributed by atoms with van der Waals surface area (Å²) in [5.74, 6) is -5.97. The summed E-state index contributed by atoms with van der Waals surface area (Å²) in [7, 11) is 6.35. The first-order chi connectivity index (χ1) is 52.1. The molecule has 0 bridgehead atoms. The van der Waals surface area contributed by atoms with Crippen LogP contribution in [0.4, 0.5) is 24.8 Å². The molecule has 3 aromatic heterocycles. The molecule has 3 saturated carbocycles. The Labute approximate surface area is 623 Å². The number of anilines is 2. The van der Waals surface area contributed by atoms with Crippen LogP contribution in [0.2, 0.25) is 5.02 Å². The number of methoxy groups -OCH3 is 2. The molecule has 10 aromatic rings. The Morgan fingerprint density at radius 1 is 0.509 bits per heavy atom. The highest BCUT2D eigenvalue weighted by Gasteiger charge is 2.66. The van der Waals surface area contributed by atoms with Crippen molar-refractivity contribution in [3.05, 3.63) is 226 Å². The van der Waals surface area contributed by atoms with Gasteiger partial charge in [-0.1, -0.05) is 96.5 Å². The first kappa shape index (κ1) is 76.2. The maximum absolute atomic E-state index is 15.1. The van der Waals surface area contributed by atoms with Gasteiger partial charge in [0.2, 0.25) is 23.6 Å². The molecular formula is C80H78ClF3N10O14. The summed E-state index contributed by atoms with van der Waals surface area (Å²) in [5, 5.41) is 33.1. The molecule has 6 atom stereocenters. The third-order valence-corrected chi connectivity index (χ3v) is 20.7. The molecule has 7 aromatic carbocycles. The Bertz CT molecular complexity index is 5080. The van der Waals surface area contributed by atoms with E-state index in [1.165, 1.54) is 50.6 Å². The molecule has 0 spiro atoms. The topological polar surface area (TPSA) is 329 Å². The fraction of sp³-hybridized carbons (Fsp3) is 0.287. The van der Waals surface area contributed by atoms with Crippen LogP contribution in [-0.4, -0.2) is 126 Å². The summed E-state index contributed by atoms with van der Waals surface area (Å²) in [4.78, 5) is 90.8. The van der Waals surface area contributed by atoms with Crippen LogP contribution in [0, 0.1) is 51.5 Å². The number of carbonyl (C=O) groups is 6. The number of nitrogens with one attached hydrogen (secondary N) is 4. The van der Waals surface area contributed by atoms with Crippen LogP contribution >= 0.6 is 11.6 Å². The van der Waals surface area contributed by atoms with E-state index in [0.717, 1.165) is 92.7 Å². The smallest absolute Gasteiger partial charge is 0.312 e. The number of rotatable bonds is 24. The average molecular weight is 1500 g/mol. The van der Waals surface area contributed by atoms with Gasteiger partial charge in [0.05, 0.1) is 70.5 Å². The number of hydrogen-bond donors (Lipinski definition) is 8. The van der Waals surface area contributed by atoms with Crippen LogP contribution in [0.5, 0.6) is 17.2 Å². The van der Waals surface area contributed by atoms with Crippen molar-refractivity contribution >= 4 is 91.5 Å². The minimum absolute atomic E-state index is 0.0475. The number of amides is 4. The van der Waals surface area contributed by atoms with Gasteiger partial charge < -0.3 is 44.5 Å². The van der Waals surface area contributed by atoms with E-state index in [9.17, 15) is 37.5 Å². The van der Waals surface area contributed by atoms with Gasteiger partial charge >= 0.3 is 11.9 Å². The van der Waals surface area contributed by atoms with E-state index >= 15 is 4.39 Å². The number of pyridine rings is 3. The van der Waals surface area contributed by atoms with Crippen molar-refractivity contribution in [2.45, 2.75) is 58.3 Å². The molecule has 4 fully saturated rings. The lowest BCUT2D eigenvalue weighted by molar-refractivity contribution is -0.150. The van der Waals surface area contributed by atoms with Crippen molar-refractivity contribution in [1.29, 1.82) is 0 Å². The molecule has 108 heavy (non-hydrogen) atoms. The SMILES string of the molecule is CNc1cc(COc2ccc(C[C@]3(C(=O)OC)C[C@@H]3C(=O)NO)cc2F)c2ccccc2n1.COC(=O)[C@@]1(Cc2ccc(OCc3cc(N4CCN(C)CC4)nc4ccccc34)c(F)c2)C[C@@H]1C(=O)NO.NC(=O)[C@@]1(Cc2ccc(OCc3cc(-c4ccc(Cl)cc4)nc4ccccc34)c(F)c2)C[C@@H]1C(=O)NO. The monoisotopic (exact) mass is 1490 g/mol. The maximum atomic E-state index is 15.1. The van der Waals surface area contributed by atoms with Crippen LogP contribution < -0.4 is 46.6 Å². The summed E-state index contributed by atoms with van der Waals surface area (Å²) >= 11 is 6.02. The molecule has 1 saturated heterocycles. The number of halogens is 4. The predicted octanol–water partition coefficient (Wildman–Crippen LogP) is 11.0. The number of ether oxygens (including phenoxy) is 5. The minimum Gasteiger partial charge on any atom is -0.486 e. The Morgan fingerprint density at radius 3 is 1.31 bits per heavy atom. The number of aromatic nitrogens is 3. The van der Waals surface area contributed by atoms with Crippen LogP contribution in [0.3, 0.4) is 0 Å². The number of fused-ring (bicyclic) bond motifs is 3. The molecule has 4 heterocycles. The lowest BCUT2D eigenvalue weighted by Gasteiger charge is -2.33. The highest BCUT2D eigenvalue weighted by Crippen LogP contribution is 2.58. The van der Waals surface area contributed by atoms with Crippen molar-refractivity contribution in [1.82, 2.24) is 36.3 Å². The van der Waals surface area contributed by atoms with E-state index in [1.807, 2.05) is 103 Å². The van der Waals surface area contributed by atoms with Gasteiger partial charge in [0, 0.05) is 76.7 Å².